The summed E-state index contributed by atoms with van der Waals surface area (Å²) >= 11 is 0. The van der Waals surface area contributed by atoms with Crippen molar-refractivity contribution in [1.29, 1.82) is 5.26 Å². The fourth-order valence-corrected chi connectivity index (χ4v) is 3.10. The van der Waals surface area contributed by atoms with Crippen LogP contribution in [0.5, 0.6) is 0 Å². The molecule has 1 N–H and O–H groups in total. The number of Topliss-reactive ketones (excluding diaryl/α,β-unsaturated/α-hetero) is 1. The van der Waals surface area contributed by atoms with E-state index in [0.717, 1.165) is 13.0 Å². The number of carbonyl (C=O) groups excluding carboxylic acids is 3. The second-order valence-electron chi connectivity index (χ2n) is 5.99. The quantitative estimate of drug-likeness (QED) is 0.267. The lowest BCUT2D eigenvalue weighted by Gasteiger charge is -2.30. The van der Waals surface area contributed by atoms with Crippen LogP contribution in [-0.4, -0.2) is 42.9 Å². The van der Waals surface area contributed by atoms with Gasteiger partial charge in [-0.15, -0.1) is 0 Å². The van der Waals surface area contributed by atoms with Gasteiger partial charge in [-0.2, -0.15) is 5.26 Å². The molecule has 10 nitrogen and oxygen atoms in total. The molecule has 0 aliphatic heterocycles. The van der Waals surface area contributed by atoms with Gasteiger partial charge in [0, 0.05) is 19.5 Å². The number of ketones is 1. The van der Waals surface area contributed by atoms with Gasteiger partial charge in [0.05, 0.1) is 23.7 Å². The van der Waals surface area contributed by atoms with Crippen molar-refractivity contribution < 1.29 is 28.8 Å². The number of nitrogens with zero attached hydrogens (tertiary/aromatic N) is 2. The van der Waals surface area contributed by atoms with Gasteiger partial charge in [-0.25, -0.2) is 0 Å². The molecule has 0 spiro atoms. The minimum absolute atomic E-state index is 0.0407. The average Bonchev–Trinajstić information content (AvgIpc) is 2.67. The van der Waals surface area contributed by atoms with Crippen LogP contribution in [0.25, 0.3) is 0 Å². The van der Waals surface area contributed by atoms with Crippen molar-refractivity contribution in [2.45, 2.75) is 39.0 Å². The molecule has 0 aromatic heterocycles. The maximum atomic E-state index is 12.9. The van der Waals surface area contributed by atoms with Crippen LogP contribution in [0.15, 0.2) is 12.1 Å². The number of hydrogen-bond acceptors (Lipinski definition) is 9. The number of nitro benzene ring substituents is 1. The topological polar surface area (TPSA) is 149 Å². The number of nitriles is 1. The number of hydrogen-bond donors (Lipinski definition) is 1. The summed E-state index contributed by atoms with van der Waals surface area (Å²) in [6.45, 7) is 4.39. The molecule has 1 rings (SSSR count). The summed E-state index contributed by atoms with van der Waals surface area (Å²) in [5.41, 5.74) is -2.83. The third-order valence-electron chi connectivity index (χ3n) is 4.44. The summed E-state index contributed by atoms with van der Waals surface area (Å²) in [6, 6.07) is 4.12. The molecule has 0 heterocycles. The number of anilines is 1. The zero-order valence-corrected chi connectivity index (χ0v) is 16.7. The normalized spacial score (nSPS) is 12.2. The molecule has 156 valence electrons. The van der Waals surface area contributed by atoms with Crippen LogP contribution in [0.3, 0.4) is 0 Å². The van der Waals surface area contributed by atoms with Gasteiger partial charge in [-0.1, -0.05) is 0 Å². The number of esters is 2. The van der Waals surface area contributed by atoms with E-state index in [-0.39, 0.29) is 48.6 Å². The van der Waals surface area contributed by atoms with Gasteiger partial charge >= 0.3 is 11.9 Å². The highest BCUT2D eigenvalue weighted by atomic mass is 16.6. The van der Waals surface area contributed by atoms with E-state index in [4.69, 9.17) is 9.47 Å². The third kappa shape index (κ3) is 4.68. The highest BCUT2D eigenvalue weighted by Crippen LogP contribution is 2.40. The van der Waals surface area contributed by atoms with Crippen molar-refractivity contribution in [3.8, 4) is 6.07 Å². The van der Waals surface area contributed by atoms with Gasteiger partial charge in [-0.05, 0) is 38.8 Å². The van der Waals surface area contributed by atoms with Gasteiger partial charge in [0.2, 0.25) is 0 Å². The van der Waals surface area contributed by atoms with E-state index in [0.29, 0.717) is 0 Å². The Kier molecular flexibility index (Phi) is 8.26. The summed E-state index contributed by atoms with van der Waals surface area (Å²) < 4.78 is 9.97. The first kappa shape index (κ1) is 23.6. The van der Waals surface area contributed by atoms with Gasteiger partial charge in [0.1, 0.15) is 11.8 Å². The molecule has 0 aliphatic rings. The summed E-state index contributed by atoms with van der Waals surface area (Å²) in [7, 11) is 1.38. The van der Waals surface area contributed by atoms with Crippen molar-refractivity contribution >= 4 is 29.1 Å². The maximum Gasteiger partial charge on any atom is 0.324 e. The van der Waals surface area contributed by atoms with E-state index in [1.54, 1.807) is 13.8 Å². The average molecular weight is 405 g/mol. The summed E-state index contributed by atoms with van der Waals surface area (Å²) in [5, 5.41) is 23.6. The molecule has 0 saturated carbocycles. The highest BCUT2D eigenvalue weighted by molar-refractivity contribution is 6.10. The number of benzene rings is 1. The summed E-state index contributed by atoms with van der Waals surface area (Å²) in [5.74, 6) is -2.23. The molecule has 29 heavy (non-hydrogen) atoms. The molecule has 0 fully saturated rings. The second kappa shape index (κ2) is 10.2. The van der Waals surface area contributed by atoms with Crippen LogP contribution in [0, 0.1) is 21.4 Å². The molecular formula is C19H23N3O7. The Morgan fingerprint density at radius 1 is 1.24 bits per heavy atom. The first-order chi connectivity index (χ1) is 13.7. The minimum atomic E-state index is -1.99. The number of nitro groups is 1. The Morgan fingerprint density at radius 2 is 1.86 bits per heavy atom. The van der Waals surface area contributed by atoms with Crippen molar-refractivity contribution in [1.82, 2.24) is 0 Å². The molecule has 0 saturated heterocycles. The monoisotopic (exact) mass is 405 g/mol. The van der Waals surface area contributed by atoms with Crippen molar-refractivity contribution in [3.63, 3.8) is 0 Å². The lowest BCUT2D eigenvalue weighted by Crippen LogP contribution is -2.45. The lowest BCUT2D eigenvalue weighted by atomic mass is 9.71. The summed E-state index contributed by atoms with van der Waals surface area (Å²) in [4.78, 5) is 48.1. The number of carbonyl (C=O) groups is 3. The first-order valence-electron chi connectivity index (χ1n) is 8.94. The molecule has 1 aromatic carbocycles. The maximum absolute atomic E-state index is 12.9. The zero-order valence-electron chi connectivity index (χ0n) is 16.7. The van der Waals surface area contributed by atoms with Crippen LogP contribution in [0.2, 0.25) is 0 Å². The predicted octanol–water partition coefficient (Wildman–Crippen LogP) is 2.24. The number of nitrogens with one attached hydrogen (secondary N) is 1. The molecular weight excluding hydrogens is 382 g/mol. The molecule has 0 bridgehead atoms. The zero-order chi connectivity index (χ0) is 22.2. The van der Waals surface area contributed by atoms with E-state index < -0.39 is 28.1 Å². The molecule has 1 aromatic rings. The van der Waals surface area contributed by atoms with Gasteiger partial charge in [0.25, 0.3) is 5.69 Å². The van der Waals surface area contributed by atoms with E-state index in [1.807, 2.05) is 6.07 Å². The molecule has 1 unspecified atom stereocenters. The largest absolute Gasteiger partial charge is 0.466 e. The van der Waals surface area contributed by atoms with Gasteiger partial charge < -0.3 is 14.8 Å². The van der Waals surface area contributed by atoms with Crippen LogP contribution >= 0.6 is 0 Å². The van der Waals surface area contributed by atoms with E-state index in [9.17, 15) is 29.8 Å². The molecule has 1 atom stereocenters. The SMILES string of the molecule is CCOC(=O)CCC(C(C)=O)(C(=O)OCC)c1ccc([N+](=O)[O-])c(NC)c1C#N. The van der Waals surface area contributed by atoms with Crippen LogP contribution in [0.1, 0.15) is 44.7 Å². The van der Waals surface area contributed by atoms with Crippen molar-refractivity contribution in [2.75, 3.05) is 25.6 Å². The molecule has 10 heteroatoms. The fraction of sp³-hybridized carbons (Fsp3) is 0.474. The van der Waals surface area contributed by atoms with E-state index in [1.165, 1.54) is 13.1 Å². The highest BCUT2D eigenvalue weighted by Gasteiger charge is 2.49. The standard InChI is InChI=1S/C19H23N3O7/c1-5-28-16(24)9-10-19(12(3)23,18(25)29-6-2)14-7-8-15(22(26)27)17(21-4)13(14)11-20/h7-8,21H,5-6,9-10H2,1-4H3. The number of ether oxygens (including phenoxy) is 2. The predicted molar refractivity (Wildman–Crippen MR) is 102 cm³/mol. The van der Waals surface area contributed by atoms with E-state index in [2.05, 4.69) is 5.32 Å². The van der Waals surface area contributed by atoms with Gasteiger partial charge in [-0.3, -0.25) is 24.5 Å². The Hall–Kier alpha value is -3.48. The fourth-order valence-electron chi connectivity index (χ4n) is 3.10. The Labute approximate surface area is 167 Å². The Bertz CT molecular complexity index is 860. The first-order valence-corrected chi connectivity index (χ1v) is 8.94. The van der Waals surface area contributed by atoms with Crippen LogP contribution in [-0.2, 0) is 29.3 Å². The van der Waals surface area contributed by atoms with Gasteiger partial charge in [0.15, 0.2) is 11.2 Å². The molecule has 0 amide bonds. The lowest BCUT2D eigenvalue weighted by molar-refractivity contribution is -0.384. The van der Waals surface area contributed by atoms with Crippen LogP contribution in [0.4, 0.5) is 11.4 Å². The minimum Gasteiger partial charge on any atom is -0.466 e. The second-order valence-corrected chi connectivity index (χ2v) is 5.99. The molecule has 0 radical (unpaired) electrons. The van der Waals surface area contributed by atoms with E-state index >= 15 is 0 Å². The Morgan fingerprint density at radius 3 is 2.31 bits per heavy atom. The summed E-state index contributed by atoms with van der Waals surface area (Å²) in [6.07, 6.45) is -0.599. The van der Waals surface area contributed by atoms with Crippen molar-refractivity contribution in [3.05, 3.63) is 33.4 Å². The third-order valence-corrected chi connectivity index (χ3v) is 4.44. The smallest absolute Gasteiger partial charge is 0.324 e. The van der Waals surface area contributed by atoms with Crippen LogP contribution < -0.4 is 5.32 Å². The molecule has 0 aliphatic carbocycles. The van der Waals surface area contributed by atoms with Crippen molar-refractivity contribution in [2.24, 2.45) is 0 Å². The Balaban J connectivity index is 3.79. The number of rotatable bonds is 10.